The molecular formula is C37H64O7S. The minimum atomic E-state index is -3.74. The molecule has 0 unspecified atom stereocenters. The molecule has 0 saturated carbocycles. The van der Waals surface area contributed by atoms with Crippen LogP contribution in [0.4, 0.5) is 0 Å². The number of ether oxygens (including phenoxy) is 3. The van der Waals surface area contributed by atoms with Crippen LogP contribution >= 0.6 is 0 Å². The largest absolute Gasteiger partial charge is 0.465 e. The third kappa shape index (κ3) is 20.4. The average Bonchev–Trinajstić information content (AvgIpc) is 3.49. The normalized spacial score (nSPS) is 16.8. The molecule has 0 N–H and O–H groups in total. The van der Waals surface area contributed by atoms with Gasteiger partial charge in [0.25, 0.3) is 10.1 Å². The Kier molecular flexibility index (Phi) is 22.6. The Morgan fingerprint density at radius 2 is 1.27 bits per heavy atom. The Bertz CT molecular complexity index is 963. The van der Waals surface area contributed by atoms with E-state index in [0.717, 1.165) is 25.0 Å². The number of carbonyl (C=O) groups excluding carboxylic acids is 1. The van der Waals surface area contributed by atoms with Crippen LogP contribution in [0.25, 0.3) is 0 Å². The van der Waals surface area contributed by atoms with E-state index < -0.39 is 10.1 Å². The van der Waals surface area contributed by atoms with Gasteiger partial charge in [0.2, 0.25) is 0 Å². The first kappa shape index (κ1) is 39.7. The number of hydrogen-bond acceptors (Lipinski definition) is 7. The summed E-state index contributed by atoms with van der Waals surface area (Å²) in [5.74, 6) is 0.00451. The van der Waals surface area contributed by atoms with Gasteiger partial charge in [-0.25, -0.2) is 0 Å². The summed E-state index contributed by atoms with van der Waals surface area (Å²) in [7, 11) is -3.74. The van der Waals surface area contributed by atoms with Gasteiger partial charge in [0.05, 0.1) is 37.4 Å². The highest BCUT2D eigenvalue weighted by molar-refractivity contribution is 7.86. The van der Waals surface area contributed by atoms with Crippen molar-refractivity contribution in [3.8, 4) is 0 Å². The molecule has 1 aliphatic heterocycles. The zero-order valence-corrected chi connectivity index (χ0v) is 29.4. The van der Waals surface area contributed by atoms with E-state index in [2.05, 4.69) is 6.92 Å². The maximum Gasteiger partial charge on any atom is 0.305 e. The molecular weight excluding hydrogens is 588 g/mol. The Balaban J connectivity index is 1.32. The lowest BCUT2D eigenvalue weighted by Crippen LogP contribution is -2.16. The summed E-state index contributed by atoms with van der Waals surface area (Å²) < 4.78 is 46.7. The predicted molar refractivity (Wildman–Crippen MR) is 182 cm³/mol. The van der Waals surface area contributed by atoms with Crippen LogP contribution in [0.15, 0.2) is 29.2 Å². The van der Waals surface area contributed by atoms with E-state index in [1.165, 1.54) is 96.3 Å². The molecule has 45 heavy (non-hydrogen) atoms. The Morgan fingerprint density at radius 3 is 1.87 bits per heavy atom. The van der Waals surface area contributed by atoms with Crippen molar-refractivity contribution in [3.05, 3.63) is 29.8 Å². The quantitative estimate of drug-likeness (QED) is 0.0484. The van der Waals surface area contributed by atoms with Gasteiger partial charge in [-0.1, -0.05) is 127 Å². The summed E-state index contributed by atoms with van der Waals surface area (Å²) in [5, 5.41) is 0. The second kappa shape index (κ2) is 25.6. The second-order valence-corrected chi connectivity index (χ2v) is 14.6. The van der Waals surface area contributed by atoms with Crippen LogP contribution in [-0.4, -0.2) is 53.5 Å². The van der Waals surface area contributed by atoms with Gasteiger partial charge < -0.3 is 14.2 Å². The lowest BCUT2D eigenvalue weighted by Gasteiger charge is -2.11. The Hall–Kier alpha value is -1.48. The number of unbranched alkanes of at least 4 members (excludes halogenated alkanes) is 17. The molecule has 260 valence electrons. The molecule has 1 aromatic rings. The first-order valence-electron chi connectivity index (χ1n) is 18.2. The number of hydrogen-bond donors (Lipinski definition) is 0. The molecule has 0 spiro atoms. The molecule has 1 aliphatic rings. The summed E-state index contributed by atoms with van der Waals surface area (Å²) in [6.45, 7) is 6.68. The van der Waals surface area contributed by atoms with Gasteiger partial charge in [-0.05, 0) is 44.7 Å². The maximum atomic E-state index is 12.2. The fourth-order valence-corrected chi connectivity index (χ4v) is 6.69. The van der Waals surface area contributed by atoms with Gasteiger partial charge in [0, 0.05) is 18.9 Å². The Morgan fingerprint density at radius 1 is 0.733 bits per heavy atom. The molecule has 8 heteroatoms. The highest BCUT2D eigenvalue weighted by Gasteiger charge is 2.26. The molecule has 7 nitrogen and oxygen atoms in total. The number of rotatable bonds is 29. The van der Waals surface area contributed by atoms with Crippen molar-refractivity contribution >= 4 is 16.1 Å². The van der Waals surface area contributed by atoms with Crippen molar-refractivity contribution in [3.63, 3.8) is 0 Å². The second-order valence-electron chi connectivity index (χ2n) is 13.0. The molecule has 0 amide bonds. The third-order valence-corrected chi connectivity index (χ3v) is 9.99. The molecule has 0 radical (unpaired) electrons. The molecule has 0 aliphatic carbocycles. The predicted octanol–water partition coefficient (Wildman–Crippen LogP) is 9.49. The summed E-state index contributed by atoms with van der Waals surface area (Å²) in [5.41, 5.74) is 0.992. The fourth-order valence-electron chi connectivity index (χ4n) is 5.75. The lowest BCUT2D eigenvalue weighted by atomic mass is 10.0. The minimum absolute atomic E-state index is 0.0888. The van der Waals surface area contributed by atoms with Gasteiger partial charge in [-0.15, -0.1) is 0 Å². The standard InChI is InChI=1S/C37H64O7S/c1-3-4-5-6-7-8-9-10-11-12-13-14-15-16-17-20-27-41-32-35-29-34(30-42-35)31-43-37(38)22-19-18-21-28-44-45(39,40)36-25-23-33(2)24-26-36/h23-26,34-35H,3-22,27-32H2,1-2H3/t34-,35+/m0/s1. The monoisotopic (exact) mass is 652 g/mol. The maximum absolute atomic E-state index is 12.2. The van der Waals surface area contributed by atoms with Crippen molar-refractivity contribution in [2.75, 3.05) is 33.0 Å². The van der Waals surface area contributed by atoms with Gasteiger partial charge in [0.15, 0.2) is 0 Å². The van der Waals surface area contributed by atoms with Crippen LogP contribution in [-0.2, 0) is 33.3 Å². The first-order chi connectivity index (χ1) is 21.9. The molecule has 2 rings (SSSR count). The van der Waals surface area contributed by atoms with Crippen LogP contribution in [0.5, 0.6) is 0 Å². The molecule has 0 aromatic heterocycles. The summed E-state index contributed by atoms with van der Waals surface area (Å²) in [6, 6.07) is 6.59. The van der Waals surface area contributed by atoms with Crippen molar-refractivity contribution in [2.24, 2.45) is 5.92 Å². The van der Waals surface area contributed by atoms with Crippen LogP contribution < -0.4 is 0 Å². The van der Waals surface area contributed by atoms with Crippen LogP contribution in [0.2, 0.25) is 0 Å². The highest BCUT2D eigenvalue weighted by Crippen LogP contribution is 2.21. The SMILES string of the molecule is CCCCCCCCCCCCCCCCCCOC[C@H]1C[C@H](COC(=O)CCCCCOS(=O)(=O)c2ccc(C)cc2)CO1. The smallest absolute Gasteiger partial charge is 0.305 e. The molecule has 1 fully saturated rings. The molecule has 1 saturated heterocycles. The lowest BCUT2D eigenvalue weighted by molar-refractivity contribution is -0.145. The Labute approximate surface area is 275 Å². The van der Waals surface area contributed by atoms with E-state index in [1.807, 2.05) is 6.92 Å². The van der Waals surface area contributed by atoms with Crippen molar-refractivity contribution in [2.45, 2.75) is 160 Å². The van der Waals surface area contributed by atoms with E-state index in [1.54, 1.807) is 24.3 Å². The van der Waals surface area contributed by atoms with E-state index in [0.29, 0.717) is 45.5 Å². The van der Waals surface area contributed by atoms with Crippen molar-refractivity contribution in [1.29, 1.82) is 0 Å². The topological polar surface area (TPSA) is 88.1 Å². The molecule has 1 heterocycles. The number of aryl methyl sites for hydroxylation is 1. The summed E-state index contributed by atoms with van der Waals surface area (Å²) in [4.78, 5) is 12.3. The molecule has 1 aromatic carbocycles. The number of carbonyl (C=O) groups is 1. The van der Waals surface area contributed by atoms with E-state index >= 15 is 0 Å². The van der Waals surface area contributed by atoms with E-state index in [-0.39, 0.29) is 29.5 Å². The highest BCUT2D eigenvalue weighted by atomic mass is 32.2. The van der Waals surface area contributed by atoms with Gasteiger partial charge in [-0.3, -0.25) is 8.98 Å². The first-order valence-corrected chi connectivity index (χ1v) is 19.6. The van der Waals surface area contributed by atoms with Crippen LogP contribution in [0.3, 0.4) is 0 Å². The minimum Gasteiger partial charge on any atom is -0.465 e. The molecule has 0 bridgehead atoms. The zero-order valence-electron chi connectivity index (χ0n) is 28.6. The molecule has 2 atom stereocenters. The third-order valence-electron chi connectivity index (χ3n) is 8.66. The van der Waals surface area contributed by atoms with Gasteiger partial charge >= 0.3 is 5.97 Å². The average molecular weight is 653 g/mol. The zero-order chi connectivity index (χ0) is 32.4. The van der Waals surface area contributed by atoms with Gasteiger partial charge in [0.1, 0.15) is 0 Å². The number of benzene rings is 1. The van der Waals surface area contributed by atoms with Crippen molar-refractivity contribution < 1.29 is 31.6 Å². The van der Waals surface area contributed by atoms with Crippen molar-refractivity contribution in [1.82, 2.24) is 0 Å². The number of esters is 1. The van der Waals surface area contributed by atoms with Crippen LogP contribution in [0.1, 0.15) is 147 Å². The van der Waals surface area contributed by atoms with Crippen LogP contribution in [0, 0.1) is 12.8 Å². The van der Waals surface area contributed by atoms with E-state index in [4.69, 9.17) is 18.4 Å². The van der Waals surface area contributed by atoms with E-state index in [9.17, 15) is 13.2 Å². The summed E-state index contributed by atoms with van der Waals surface area (Å²) >= 11 is 0. The fraction of sp³-hybridized carbons (Fsp3) is 0.811. The summed E-state index contributed by atoms with van der Waals surface area (Å²) in [6.07, 6.45) is 25.1. The van der Waals surface area contributed by atoms with Gasteiger partial charge in [-0.2, -0.15) is 8.42 Å².